The predicted octanol–water partition coefficient (Wildman–Crippen LogP) is 3.77. The highest BCUT2D eigenvalue weighted by molar-refractivity contribution is 6.01. The number of nitrogens with zero attached hydrogens (tertiary/aromatic N) is 1. The fourth-order valence-electron chi connectivity index (χ4n) is 3.61. The first kappa shape index (κ1) is 20.1. The van der Waals surface area contributed by atoms with Crippen LogP contribution in [0.4, 0.5) is 0 Å². The first-order chi connectivity index (χ1) is 15.1. The molecule has 1 atom stereocenters. The lowest BCUT2D eigenvalue weighted by molar-refractivity contribution is -0.146. The molecule has 152 valence electrons. The second-order valence-corrected chi connectivity index (χ2v) is 7.13. The minimum Gasteiger partial charge on any atom is -0.467 e. The predicted molar refractivity (Wildman–Crippen MR) is 115 cm³/mol. The van der Waals surface area contributed by atoms with Gasteiger partial charge in [0.25, 0.3) is 5.91 Å². The molecule has 1 aliphatic heterocycles. The van der Waals surface area contributed by atoms with Gasteiger partial charge in [-0.1, -0.05) is 54.3 Å². The van der Waals surface area contributed by atoms with Gasteiger partial charge in [0.05, 0.1) is 7.11 Å². The maximum atomic E-state index is 13.0. The Morgan fingerprint density at radius 1 is 1.00 bits per heavy atom. The number of ether oxygens (including phenoxy) is 1. The fraction of sp³-hybridized carbons (Fsp3) is 0.115. The average Bonchev–Trinajstić information content (AvgIpc) is 3.14. The van der Waals surface area contributed by atoms with Gasteiger partial charge < -0.3 is 9.64 Å². The Morgan fingerprint density at radius 2 is 1.68 bits per heavy atom. The molecule has 3 aromatic carbocycles. The summed E-state index contributed by atoms with van der Waals surface area (Å²) in [7, 11) is 1.32. The van der Waals surface area contributed by atoms with Crippen LogP contribution in [-0.2, 0) is 16.1 Å². The van der Waals surface area contributed by atoms with Gasteiger partial charge in [0.1, 0.15) is 6.29 Å². The number of methoxy groups -OCH3 is 1. The van der Waals surface area contributed by atoms with Gasteiger partial charge in [0.2, 0.25) is 0 Å². The molecule has 0 fully saturated rings. The van der Waals surface area contributed by atoms with E-state index in [1.165, 1.54) is 12.0 Å². The van der Waals surface area contributed by atoms with Gasteiger partial charge in [-0.25, -0.2) is 4.79 Å². The molecule has 0 saturated carbocycles. The van der Waals surface area contributed by atoms with Crippen molar-refractivity contribution in [2.75, 3.05) is 7.11 Å². The molecule has 0 aliphatic carbocycles. The maximum Gasteiger partial charge on any atom is 0.333 e. The van der Waals surface area contributed by atoms with Crippen molar-refractivity contribution in [2.24, 2.45) is 0 Å². The number of carbonyl (C=O) groups is 3. The van der Waals surface area contributed by atoms with Gasteiger partial charge in [-0.05, 0) is 41.5 Å². The lowest BCUT2D eigenvalue weighted by Gasteiger charge is -2.25. The Kier molecular flexibility index (Phi) is 5.63. The van der Waals surface area contributed by atoms with E-state index in [2.05, 4.69) is 11.8 Å². The molecule has 0 bridgehead atoms. The SMILES string of the molecule is COC(=O)C(c1ccccc1)N1Cc2cc(C#Cc3ccc(C=O)cc3)ccc2C1=O. The van der Waals surface area contributed by atoms with Crippen LogP contribution in [0.25, 0.3) is 0 Å². The van der Waals surface area contributed by atoms with Crippen LogP contribution in [0.1, 0.15) is 49.0 Å². The van der Waals surface area contributed by atoms with E-state index in [9.17, 15) is 14.4 Å². The van der Waals surface area contributed by atoms with Crippen molar-refractivity contribution in [3.63, 3.8) is 0 Å². The number of benzene rings is 3. The van der Waals surface area contributed by atoms with Crippen molar-refractivity contribution in [1.82, 2.24) is 4.90 Å². The second kappa shape index (κ2) is 8.68. The third-order valence-electron chi connectivity index (χ3n) is 5.19. The molecule has 1 unspecified atom stereocenters. The van der Waals surface area contributed by atoms with E-state index < -0.39 is 12.0 Å². The highest BCUT2D eigenvalue weighted by Gasteiger charge is 2.38. The molecular weight excluding hydrogens is 390 g/mol. The number of fused-ring (bicyclic) bond motifs is 1. The fourth-order valence-corrected chi connectivity index (χ4v) is 3.61. The van der Waals surface area contributed by atoms with Crippen LogP contribution < -0.4 is 0 Å². The van der Waals surface area contributed by atoms with Crippen molar-refractivity contribution in [3.05, 3.63) is 106 Å². The molecule has 0 N–H and O–H groups in total. The Morgan fingerprint density at radius 3 is 2.35 bits per heavy atom. The van der Waals surface area contributed by atoms with E-state index in [-0.39, 0.29) is 5.91 Å². The van der Waals surface area contributed by atoms with Gasteiger partial charge in [0.15, 0.2) is 6.04 Å². The van der Waals surface area contributed by atoms with Crippen molar-refractivity contribution in [3.8, 4) is 11.8 Å². The van der Waals surface area contributed by atoms with Gasteiger partial charge >= 0.3 is 5.97 Å². The molecule has 5 heteroatoms. The van der Waals surface area contributed by atoms with Gasteiger partial charge in [-0.2, -0.15) is 0 Å². The van der Waals surface area contributed by atoms with E-state index in [0.717, 1.165) is 23.0 Å². The minimum atomic E-state index is -0.808. The monoisotopic (exact) mass is 409 g/mol. The van der Waals surface area contributed by atoms with Gasteiger partial charge in [-0.3, -0.25) is 9.59 Å². The highest BCUT2D eigenvalue weighted by Crippen LogP contribution is 2.32. The summed E-state index contributed by atoms with van der Waals surface area (Å²) in [4.78, 5) is 37.8. The zero-order valence-corrected chi connectivity index (χ0v) is 16.9. The summed E-state index contributed by atoms with van der Waals surface area (Å²) in [6.07, 6.45) is 0.789. The number of aldehydes is 1. The Labute approximate surface area is 180 Å². The maximum absolute atomic E-state index is 13.0. The molecular formula is C26H19NO4. The van der Waals surface area contributed by atoms with E-state index in [4.69, 9.17) is 4.74 Å². The molecule has 1 amide bonds. The average molecular weight is 409 g/mol. The summed E-state index contributed by atoms with van der Waals surface area (Å²) in [6, 6.07) is 20.7. The molecule has 0 radical (unpaired) electrons. The quantitative estimate of drug-likeness (QED) is 0.374. The third kappa shape index (κ3) is 4.10. The van der Waals surface area contributed by atoms with Crippen molar-refractivity contribution in [1.29, 1.82) is 0 Å². The lowest BCUT2D eigenvalue weighted by atomic mass is 10.1. The molecule has 0 aromatic heterocycles. The number of carbonyl (C=O) groups excluding carboxylic acids is 3. The van der Waals surface area contributed by atoms with Crippen molar-refractivity contribution >= 4 is 18.2 Å². The van der Waals surface area contributed by atoms with Crippen LogP contribution in [0.15, 0.2) is 72.8 Å². The summed E-state index contributed by atoms with van der Waals surface area (Å²) in [5, 5.41) is 0. The number of hydrogen-bond acceptors (Lipinski definition) is 4. The molecule has 1 heterocycles. The first-order valence-corrected chi connectivity index (χ1v) is 9.74. The summed E-state index contributed by atoms with van der Waals surface area (Å²) in [6.45, 7) is 0.298. The zero-order chi connectivity index (χ0) is 21.8. The molecule has 3 aromatic rings. The minimum absolute atomic E-state index is 0.210. The van der Waals surface area contributed by atoms with Crippen LogP contribution in [0.3, 0.4) is 0 Å². The standard InChI is InChI=1S/C26H19NO4/c1-31-26(30)24(21-5-3-2-4-6-21)27-16-22-15-19(13-14-23(22)25(27)29)10-7-18-8-11-20(17-28)12-9-18/h2-6,8-9,11-15,17,24H,16H2,1H3. The molecule has 1 aliphatic rings. The van der Waals surface area contributed by atoms with Crippen LogP contribution in [0.2, 0.25) is 0 Å². The third-order valence-corrected chi connectivity index (χ3v) is 5.19. The second-order valence-electron chi connectivity index (χ2n) is 7.13. The Bertz CT molecular complexity index is 1200. The van der Waals surface area contributed by atoms with E-state index >= 15 is 0 Å². The topological polar surface area (TPSA) is 63.7 Å². The van der Waals surface area contributed by atoms with E-state index in [1.54, 1.807) is 36.4 Å². The van der Waals surface area contributed by atoms with Crippen molar-refractivity contribution in [2.45, 2.75) is 12.6 Å². The normalized spacial score (nSPS) is 13.1. The molecule has 0 saturated heterocycles. The zero-order valence-electron chi connectivity index (χ0n) is 16.9. The van der Waals surface area contributed by atoms with Crippen LogP contribution in [0.5, 0.6) is 0 Å². The molecule has 4 rings (SSSR count). The number of rotatable bonds is 4. The first-order valence-electron chi connectivity index (χ1n) is 9.74. The molecule has 5 nitrogen and oxygen atoms in total. The summed E-state index contributed by atoms with van der Waals surface area (Å²) in [5.74, 6) is 5.47. The number of esters is 1. The summed E-state index contributed by atoms with van der Waals surface area (Å²) < 4.78 is 4.98. The smallest absolute Gasteiger partial charge is 0.333 e. The largest absolute Gasteiger partial charge is 0.467 e. The molecule has 0 spiro atoms. The summed E-state index contributed by atoms with van der Waals surface area (Å²) >= 11 is 0. The van der Waals surface area contributed by atoms with Gasteiger partial charge in [-0.15, -0.1) is 0 Å². The van der Waals surface area contributed by atoms with Crippen LogP contribution in [0, 0.1) is 11.8 Å². The number of hydrogen-bond donors (Lipinski definition) is 0. The summed E-state index contributed by atoms with van der Waals surface area (Å²) in [5.41, 5.74) is 4.24. The Hall–Kier alpha value is -4.17. The van der Waals surface area contributed by atoms with Gasteiger partial charge in [0, 0.05) is 28.8 Å². The molecule has 31 heavy (non-hydrogen) atoms. The lowest BCUT2D eigenvalue weighted by Crippen LogP contribution is -2.35. The number of amides is 1. The van der Waals surface area contributed by atoms with E-state index in [0.29, 0.717) is 23.2 Å². The van der Waals surface area contributed by atoms with Crippen molar-refractivity contribution < 1.29 is 19.1 Å². The Balaban J connectivity index is 1.61. The van der Waals surface area contributed by atoms with Crippen LogP contribution in [-0.4, -0.2) is 30.2 Å². The van der Waals surface area contributed by atoms with Crippen LogP contribution >= 0.6 is 0 Å². The highest BCUT2D eigenvalue weighted by atomic mass is 16.5. The van der Waals surface area contributed by atoms with E-state index in [1.807, 2.05) is 36.4 Å².